The van der Waals surface area contributed by atoms with Gasteiger partial charge in [-0.3, -0.25) is 4.79 Å². The molecule has 1 amide bonds. The van der Waals surface area contributed by atoms with Crippen LogP contribution < -0.4 is 10.1 Å². The average molecular weight is 363 g/mol. The third-order valence-electron chi connectivity index (χ3n) is 3.10. The third kappa shape index (κ3) is 3.99. The van der Waals surface area contributed by atoms with Crippen molar-refractivity contribution in [2.45, 2.75) is 0 Å². The van der Waals surface area contributed by atoms with E-state index in [1.807, 2.05) is 0 Å². The van der Waals surface area contributed by atoms with Crippen LogP contribution in [0.2, 0.25) is 10.0 Å². The van der Waals surface area contributed by atoms with Crippen LogP contribution in [0.3, 0.4) is 0 Å². The number of nitrogens with one attached hydrogen (secondary N) is 1. The van der Waals surface area contributed by atoms with Crippen molar-refractivity contribution in [2.24, 2.45) is 0 Å². The van der Waals surface area contributed by atoms with Crippen LogP contribution in [0.5, 0.6) is 11.5 Å². The summed E-state index contributed by atoms with van der Waals surface area (Å²) in [5.41, 5.74) is 0.345. The molecule has 2 N–H and O–H groups in total. The SMILES string of the molecule is COc1ccc(O)c(C=C(C#N)C(=O)Nc2cccc(Cl)c2Cl)c1. The Balaban J connectivity index is 2.33. The predicted octanol–water partition coefficient (Wildman–Crippen LogP) is 4.25. The summed E-state index contributed by atoms with van der Waals surface area (Å²) >= 11 is 11.9. The molecule has 5 nitrogen and oxygen atoms in total. The van der Waals surface area contributed by atoms with Crippen LogP contribution in [0.25, 0.3) is 6.08 Å². The fraction of sp³-hybridized carbons (Fsp3) is 0.0588. The Morgan fingerprint density at radius 3 is 2.75 bits per heavy atom. The lowest BCUT2D eigenvalue weighted by atomic mass is 10.1. The maximum absolute atomic E-state index is 12.3. The second-order valence-corrected chi connectivity index (χ2v) is 5.44. The minimum atomic E-state index is -0.677. The number of hydrogen-bond donors (Lipinski definition) is 2. The Morgan fingerprint density at radius 2 is 2.08 bits per heavy atom. The maximum atomic E-state index is 12.3. The van der Waals surface area contributed by atoms with Crippen molar-refractivity contribution in [3.05, 3.63) is 57.6 Å². The Morgan fingerprint density at radius 1 is 1.33 bits per heavy atom. The summed E-state index contributed by atoms with van der Waals surface area (Å²) in [5, 5.41) is 22.0. The van der Waals surface area contributed by atoms with Crippen molar-refractivity contribution in [3.63, 3.8) is 0 Å². The van der Waals surface area contributed by atoms with E-state index in [1.54, 1.807) is 30.3 Å². The quantitative estimate of drug-likeness (QED) is 0.628. The van der Waals surface area contributed by atoms with Gasteiger partial charge < -0.3 is 15.2 Å². The van der Waals surface area contributed by atoms with Gasteiger partial charge >= 0.3 is 0 Å². The Kier molecular flexibility index (Phi) is 5.69. The maximum Gasteiger partial charge on any atom is 0.266 e. The van der Waals surface area contributed by atoms with Crippen molar-refractivity contribution < 1.29 is 14.6 Å². The highest BCUT2D eigenvalue weighted by molar-refractivity contribution is 6.44. The van der Waals surface area contributed by atoms with Gasteiger partial charge in [-0.15, -0.1) is 0 Å². The molecular formula is C17H12Cl2N2O3. The van der Waals surface area contributed by atoms with Crippen molar-refractivity contribution >= 4 is 40.9 Å². The Hall–Kier alpha value is -2.68. The zero-order valence-electron chi connectivity index (χ0n) is 12.5. The summed E-state index contributed by atoms with van der Waals surface area (Å²) in [6.45, 7) is 0. The van der Waals surface area contributed by atoms with Gasteiger partial charge in [-0.05, 0) is 36.4 Å². The third-order valence-corrected chi connectivity index (χ3v) is 3.92. The fourth-order valence-corrected chi connectivity index (χ4v) is 2.22. The first-order valence-corrected chi connectivity index (χ1v) is 7.46. The van der Waals surface area contributed by atoms with Gasteiger partial charge in [-0.1, -0.05) is 29.3 Å². The Bertz CT molecular complexity index is 857. The van der Waals surface area contributed by atoms with E-state index in [4.69, 9.17) is 27.9 Å². The van der Waals surface area contributed by atoms with Gasteiger partial charge in [0.05, 0.1) is 22.8 Å². The molecule has 0 aliphatic rings. The number of amides is 1. The number of carbonyl (C=O) groups is 1. The largest absolute Gasteiger partial charge is 0.507 e. The van der Waals surface area contributed by atoms with Crippen LogP contribution in [-0.2, 0) is 4.79 Å². The molecular weight excluding hydrogens is 351 g/mol. The lowest BCUT2D eigenvalue weighted by Gasteiger charge is -2.08. The molecule has 0 bridgehead atoms. The van der Waals surface area contributed by atoms with Crippen LogP contribution in [0.4, 0.5) is 5.69 Å². The zero-order valence-corrected chi connectivity index (χ0v) is 14.0. The van der Waals surface area contributed by atoms with Gasteiger partial charge in [-0.25, -0.2) is 0 Å². The van der Waals surface area contributed by atoms with Crippen molar-refractivity contribution in [3.8, 4) is 17.6 Å². The number of methoxy groups -OCH3 is 1. The summed E-state index contributed by atoms with van der Waals surface area (Å²) in [6, 6.07) is 11.0. The number of benzene rings is 2. The van der Waals surface area contributed by atoms with Crippen molar-refractivity contribution in [2.75, 3.05) is 12.4 Å². The second-order valence-electron chi connectivity index (χ2n) is 4.65. The van der Waals surface area contributed by atoms with Crippen LogP contribution in [-0.4, -0.2) is 18.1 Å². The number of anilines is 1. The number of carbonyl (C=O) groups excluding carboxylic acids is 1. The van der Waals surface area contributed by atoms with Gasteiger partial charge in [0.1, 0.15) is 23.1 Å². The standard InChI is InChI=1S/C17H12Cl2N2O3/c1-24-12-5-6-15(22)10(8-12)7-11(9-20)17(23)21-14-4-2-3-13(18)16(14)19/h2-8,22H,1H3,(H,21,23). The van der Waals surface area contributed by atoms with Gasteiger partial charge in [-0.2, -0.15) is 5.26 Å². The van der Waals surface area contributed by atoms with E-state index in [2.05, 4.69) is 5.32 Å². The molecule has 0 heterocycles. The van der Waals surface area contributed by atoms with E-state index in [0.717, 1.165) is 0 Å². The molecule has 0 spiro atoms. The fourth-order valence-electron chi connectivity index (χ4n) is 1.87. The van der Waals surface area contributed by atoms with E-state index in [9.17, 15) is 15.2 Å². The lowest BCUT2D eigenvalue weighted by molar-refractivity contribution is -0.112. The van der Waals surface area contributed by atoms with E-state index >= 15 is 0 Å². The number of nitriles is 1. The van der Waals surface area contributed by atoms with E-state index < -0.39 is 5.91 Å². The number of aromatic hydroxyl groups is 1. The van der Waals surface area contributed by atoms with Crippen LogP contribution >= 0.6 is 23.2 Å². The molecule has 0 aliphatic heterocycles. The average Bonchev–Trinajstić information content (AvgIpc) is 2.58. The highest BCUT2D eigenvalue weighted by atomic mass is 35.5. The topological polar surface area (TPSA) is 82.3 Å². The number of ether oxygens (including phenoxy) is 1. The molecule has 2 rings (SSSR count). The first-order chi connectivity index (χ1) is 11.5. The summed E-state index contributed by atoms with van der Waals surface area (Å²) in [4.78, 5) is 12.3. The van der Waals surface area contributed by atoms with Crippen LogP contribution in [0.1, 0.15) is 5.56 Å². The smallest absolute Gasteiger partial charge is 0.266 e. The first kappa shape index (κ1) is 17.7. The molecule has 0 aromatic heterocycles. The molecule has 0 fully saturated rings. The molecule has 24 heavy (non-hydrogen) atoms. The molecule has 7 heteroatoms. The molecule has 2 aromatic rings. The van der Waals surface area contributed by atoms with Gasteiger partial charge in [0.25, 0.3) is 5.91 Å². The summed E-state index contributed by atoms with van der Waals surface area (Å²) in [5.74, 6) is -0.282. The van der Waals surface area contributed by atoms with Crippen molar-refractivity contribution in [1.82, 2.24) is 0 Å². The molecule has 2 aromatic carbocycles. The van der Waals surface area contributed by atoms with Gasteiger partial charge in [0.15, 0.2) is 0 Å². The van der Waals surface area contributed by atoms with Crippen LogP contribution in [0, 0.1) is 11.3 Å². The summed E-state index contributed by atoms with van der Waals surface area (Å²) in [6.07, 6.45) is 1.26. The second kappa shape index (κ2) is 7.73. The number of phenolic OH excluding ortho intramolecular Hbond substituents is 1. The molecule has 0 saturated heterocycles. The van der Waals surface area contributed by atoms with Crippen molar-refractivity contribution in [1.29, 1.82) is 5.26 Å². The molecule has 0 radical (unpaired) electrons. The molecule has 122 valence electrons. The monoisotopic (exact) mass is 362 g/mol. The number of nitrogens with zero attached hydrogens (tertiary/aromatic N) is 1. The number of halogens is 2. The van der Waals surface area contributed by atoms with E-state index in [0.29, 0.717) is 5.75 Å². The molecule has 0 unspecified atom stereocenters. The van der Waals surface area contributed by atoms with Gasteiger partial charge in [0.2, 0.25) is 0 Å². The van der Waals surface area contributed by atoms with Gasteiger partial charge in [0, 0.05) is 5.56 Å². The van der Waals surface area contributed by atoms with Crippen LogP contribution in [0.15, 0.2) is 42.0 Å². The highest BCUT2D eigenvalue weighted by Gasteiger charge is 2.14. The number of phenols is 1. The molecule has 0 atom stereocenters. The minimum Gasteiger partial charge on any atom is -0.507 e. The molecule has 0 saturated carbocycles. The Labute approximate surface area is 148 Å². The summed E-state index contributed by atoms with van der Waals surface area (Å²) < 4.78 is 5.05. The van der Waals surface area contributed by atoms with E-state index in [-0.39, 0.29) is 32.6 Å². The predicted molar refractivity (Wildman–Crippen MR) is 93.3 cm³/mol. The first-order valence-electron chi connectivity index (χ1n) is 6.70. The summed E-state index contributed by atoms with van der Waals surface area (Å²) in [7, 11) is 1.47. The zero-order chi connectivity index (χ0) is 17.7. The normalized spacial score (nSPS) is 10.8. The minimum absolute atomic E-state index is 0.0860. The van der Waals surface area contributed by atoms with E-state index in [1.165, 1.54) is 25.3 Å². The molecule has 0 aliphatic carbocycles. The highest BCUT2D eigenvalue weighted by Crippen LogP contribution is 2.30. The number of hydrogen-bond acceptors (Lipinski definition) is 4. The number of rotatable bonds is 4. The lowest BCUT2D eigenvalue weighted by Crippen LogP contribution is -2.13.